The predicted octanol–water partition coefficient (Wildman–Crippen LogP) is -0.939. The topological polar surface area (TPSA) is 128 Å². The summed E-state index contributed by atoms with van der Waals surface area (Å²) in [4.78, 5) is -0.242. The number of benzene rings is 4. The minimum Gasteiger partial charge on any atom is -1.00 e. The maximum absolute atomic E-state index is 11.6. The van der Waals surface area contributed by atoms with Gasteiger partial charge in [0.05, 0.1) is 5.69 Å². The SMILES string of the molecule is O=S([O-])Oc1c(N=Nc2ccc(S(=O)(=O)O)c3ccccc23)ccc2ccccc12.[H-].[H-].[Na+].[Na+]. The number of azo groups is 1. The Morgan fingerprint density at radius 3 is 2.03 bits per heavy atom. The van der Waals surface area contributed by atoms with Gasteiger partial charge in [-0.3, -0.25) is 4.55 Å². The zero-order chi connectivity index (χ0) is 21.3. The third-order valence-electron chi connectivity index (χ3n) is 4.41. The van der Waals surface area contributed by atoms with Crippen LogP contribution in [0.1, 0.15) is 2.85 Å². The summed E-state index contributed by atoms with van der Waals surface area (Å²) in [7, 11) is -4.42. The summed E-state index contributed by atoms with van der Waals surface area (Å²) in [6.07, 6.45) is 0. The van der Waals surface area contributed by atoms with E-state index in [9.17, 15) is 21.7 Å². The van der Waals surface area contributed by atoms with Crippen LogP contribution < -0.4 is 63.3 Å². The summed E-state index contributed by atoms with van der Waals surface area (Å²) in [5.41, 5.74) is 0.515. The standard InChI is InChI=1S/C20H14N2O6S2.2Na.2H/c23-29(24)28-20-14-6-2-1-5-13(14)9-10-18(20)22-21-17-11-12-19(30(25,26)27)16-8-4-3-7-15(16)17;;;;/h1-12H,(H,23,24)(H,25,26,27);;;;/q;2*+1;2*-1/p-1. The van der Waals surface area contributed by atoms with Crippen LogP contribution in [0.5, 0.6) is 5.75 Å². The number of hydrogen-bond acceptors (Lipinski definition) is 7. The van der Waals surface area contributed by atoms with Gasteiger partial charge in [0.2, 0.25) is 0 Å². The molecule has 0 aliphatic heterocycles. The molecule has 0 heterocycles. The summed E-state index contributed by atoms with van der Waals surface area (Å²) >= 11 is -2.81. The van der Waals surface area contributed by atoms with Crippen LogP contribution in [-0.2, 0) is 21.5 Å². The van der Waals surface area contributed by atoms with Crippen molar-refractivity contribution in [1.29, 1.82) is 0 Å². The zero-order valence-electron chi connectivity index (χ0n) is 19.1. The second kappa shape index (κ2) is 11.3. The van der Waals surface area contributed by atoms with Gasteiger partial charge in [-0.05, 0) is 23.6 Å². The molecule has 8 nitrogen and oxygen atoms in total. The quantitative estimate of drug-likeness (QED) is 0.167. The molecule has 1 atom stereocenters. The summed E-state index contributed by atoms with van der Waals surface area (Å²) in [6, 6.07) is 19.5. The van der Waals surface area contributed by atoms with Crippen molar-refractivity contribution in [3.8, 4) is 5.75 Å². The van der Waals surface area contributed by atoms with E-state index >= 15 is 0 Å². The number of hydrogen-bond donors (Lipinski definition) is 1. The van der Waals surface area contributed by atoms with Crippen LogP contribution in [-0.4, -0.2) is 21.7 Å². The zero-order valence-corrected chi connectivity index (χ0v) is 22.8. The van der Waals surface area contributed by atoms with Gasteiger partial charge in [0, 0.05) is 16.2 Å². The molecule has 0 aromatic heterocycles. The van der Waals surface area contributed by atoms with Crippen molar-refractivity contribution in [3.63, 3.8) is 0 Å². The van der Waals surface area contributed by atoms with Crippen molar-refractivity contribution < 1.29 is 87.9 Å². The molecular weight excluding hydrogens is 474 g/mol. The first-order valence-corrected chi connectivity index (χ1v) is 11.0. The van der Waals surface area contributed by atoms with Crippen LogP contribution in [0.15, 0.2) is 87.9 Å². The first-order chi connectivity index (χ1) is 14.3. The average Bonchev–Trinajstić information content (AvgIpc) is 2.71. The average molecular weight is 489 g/mol. The molecular formula is C20H15N2Na2O6S2-. The molecule has 1 unspecified atom stereocenters. The Hall–Kier alpha value is -1.18. The molecule has 0 bridgehead atoms. The number of nitrogens with zero attached hydrogens (tertiary/aromatic N) is 2. The van der Waals surface area contributed by atoms with Crippen molar-refractivity contribution >= 4 is 54.4 Å². The van der Waals surface area contributed by atoms with E-state index < -0.39 is 21.5 Å². The molecule has 12 heteroatoms. The minimum atomic E-state index is -4.42. The molecule has 4 rings (SSSR count). The smallest absolute Gasteiger partial charge is 1.00 e. The van der Waals surface area contributed by atoms with Gasteiger partial charge in [0.15, 0.2) is 5.75 Å². The Morgan fingerprint density at radius 1 is 0.812 bits per heavy atom. The van der Waals surface area contributed by atoms with Crippen molar-refractivity contribution in [2.75, 3.05) is 0 Å². The molecule has 0 spiro atoms. The molecule has 156 valence electrons. The van der Waals surface area contributed by atoms with E-state index in [1.54, 1.807) is 54.6 Å². The largest absolute Gasteiger partial charge is 1.00 e. The van der Waals surface area contributed by atoms with Crippen molar-refractivity contribution in [2.45, 2.75) is 4.90 Å². The van der Waals surface area contributed by atoms with Crippen LogP contribution in [0.4, 0.5) is 11.4 Å². The van der Waals surface area contributed by atoms with E-state index in [2.05, 4.69) is 10.2 Å². The van der Waals surface area contributed by atoms with Crippen LogP contribution in [0.3, 0.4) is 0 Å². The molecule has 0 saturated heterocycles. The van der Waals surface area contributed by atoms with Crippen molar-refractivity contribution in [1.82, 2.24) is 0 Å². The van der Waals surface area contributed by atoms with E-state index in [1.807, 2.05) is 6.07 Å². The van der Waals surface area contributed by atoms with Crippen LogP contribution >= 0.6 is 0 Å². The monoisotopic (exact) mass is 489 g/mol. The van der Waals surface area contributed by atoms with E-state index in [-0.39, 0.29) is 83.7 Å². The summed E-state index contributed by atoms with van der Waals surface area (Å²) in [5.74, 6) is 0.0315. The summed E-state index contributed by atoms with van der Waals surface area (Å²) < 4.78 is 60.0. The van der Waals surface area contributed by atoms with Gasteiger partial charge in [-0.25, -0.2) is 4.21 Å². The third-order valence-corrected chi connectivity index (χ3v) is 5.63. The first-order valence-electron chi connectivity index (χ1n) is 8.55. The normalized spacial score (nSPS) is 12.3. The molecule has 0 aliphatic rings. The molecule has 4 aromatic carbocycles. The van der Waals surface area contributed by atoms with E-state index in [0.29, 0.717) is 16.5 Å². The second-order valence-corrected chi connectivity index (χ2v) is 8.19. The Morgan fingerprint density at radius 2 is 1.38 bits per heavy atom. The predicted molar refractivity (Wildman–Crippen MR) is 114 cm³/mol. The molecule has 0 amide bonds. The van der Waals surface area contributed by atoms with Crippen molar-refractivity contribution in [2.24, 2.45) is 10.2 Å². The Labute approximate surface area is 233 Å². The van der Waals surface area contributed by atoms with Crippen LogP contribution in [0, 0.1) is 0 Å². The minimum absolute atomic E-state index is 0. The van der Waals surface area contributed by atoms with Crippen molar-refractivity contribution in [3.05, 3.63) is 72.8 Å². The van der Waals surface area contributed by atoms with Gasteiger partial charge in [0.25, 0.3) is 10.1 Å². The molecule has 0 aliphatic carbocycles. The van der Waals surface area contributed by atoms with E-state index in [4.69, 9.17) is 4.18 Å². The Balaban J connectivity index is 0.00000272. The van der Waals surface area contributed by atoms with Gasteiger partial charge >= 0.3 is 59.1 Å². The van der Waals surface area contributed by atoms with Gasteiger partial charge in [-0.1, -0.05) is 54.6 Å². The Kier molecular flexibility index (Phi) is 9.56. The van der Waals surface area contributed by atoms with Gasteiger partial charge in [0.1, 0.15) is 21.9 Å². The second-order valence-electron chi connectivity index (χ2n) is 6.23. The summed E-state index contributed by atoms with van der Waals surface area (Å²) in [5, 5.41) is 10.4. The fourth-order valence-electron chi connectivity index (χ4n) is 3.14. The number of fused-ring (bicyclic) bond motifs is 2. The number of rotatable bonds is 5. The van der Waals surface area contributed by atoms with E-state index in [0.717, 1.165) is 5.39 Å². The van der Waals surface area contributed by atoms with E-state index in [1.165, 1.54) is 12.1 Å². The Bertz CT molecular complexity index is 1460. The van der Waals surface area contributed by atoms with Crippen LogP contribution in [0.2, 0.25) is 0 Å². The fourth-order valence-corrected chi connectivity index (χ4v) is 4.15. The van der Waals surface area contributed by atoms with Gasteiger partial charge in [-0.15, -0.1) is 10.2 Å². The van der Waals surface area contributed by atoms with Crippen LogP contribution in [0.25, 0.3) is 21.5 Å². The van der Waals surface area contributed by atoms with Gasteiger partial charge in [-0.2, -0.15) is 8.42 Å². The molecule has 32 heavy (non-hydrogen) atoms. The molecule has 0 fully saturated rings. The maximum Gasteiger partial charge on any atom is 1.00 e. The molecule has 4 aromatic rings. The third kappa shape index (κ3) is 5.84. The fraction of sp³-hybridized carbons (Fsp3) is 0. The summed E-state index contributed by atoms with van der Waals surface area (Å²) in [6.45, 7) is 0. The molecule has 0 saturated carbocycles. The maximum atomic E-state index is 11.6. The van der Waals surface area contributed by atoms with Gasteiger partial charge < -0.3 is 11.6 Å². The molecule has 0 radical (unpaired) electrons. The first kappa shape index (κ1) is 27.1. The molecule has 1 N–H and O–H groups in total.